The highest BCUT2D eigenvalue weighted by Crippen LogP contribution is 2.18. The molecule has 1 aromatic heterocycles. The van der Waals surface area contributed by atoms with Crippen molar-refractivity contribution in [3.8, 4) is 0 Å². The number of carbonyl (C=O) groups excluding carboxylic acids is 2. The average molecular weight is 359 g/mol. The molecule has 0 bridgehead atoms. The van der Waals surface area contributed by atoms with Crippen LogP contribution in [0.2, 0.25) is 0 Å². The Balaban J connectivity index is 2.15. The summed E-state index contributed by atoms with van der Waals surface area (Å²) < 4.78 is 1.23. The molecule has 0 aliphatic heterocycles. The Morgan fingerprint density at radius 2 is 1.92 bits per heavy atom. The molecule has 9 heteroatoms. The van der Waals surface area contributed by atoms with Crippen molar-refractivity contribution in [1.29, 1.82) is 0 Å². The van der Waals surface area contributed by atoms with Crippen molar-refractivity contribution in [2.24, 2.45) is 0 Å². The van der Waals surface area contributed by atoms with E-state index in [4.69, 9.17) is 0 Å². The number of hydrogen-bond donors (Lipinski definition) is 2. The van der Waals surface area contributed by atoms with Crippen molar-refractivity contribution >= 4 is 17.8 Å². The second kappa shape index (κ2) is 7.77. The van der Waals surface area contributed by atoms with Crippen LogP contribution in [-0.4, -0.2) is 56.9 Å². The summed E-state index contributed by atoms with van der Waals surface area (Å²) >= 11 is 0. The predicted octanol–water partition coefficient (Wildman–Crippen LogP) is 0.539. The van der Waals surface area contributed by atoms with Gasteiger partial charge in [0.25, 0.3) is 5.91 Å². The number of aryl methyl sites for hydroxylation is 2. The molecule has 0 aliphatic carbocycles. The van der Waals surface area contributed by atoms with E-state index < -0.39 is 17.9 Å². The van der Waals surface area contributed by atoms with Gasteiger partial charge in [-0.1, -0.05) is 23.4 Å². The van der Waals surface area contributed by atoms with Crippen LogP contribution >= 0.6 is 0 Å². The van der Waals surface area contributed by atoms with E-state index >= 15 is 0 Å². The van der Waals surface area contributed by atoms with E-state index in [2.05, 4.69) is 15.6 Å². The molecule has 0 aliphatic rings. The van der Waals surface area contributed by atoms with Crippen molar-refractivity contribution in [3.05, 3.63) is 46.8 Å². The maximum atomic E-state index is 12.3. The zero-order valence-corrected chi connectivity index (χ0v) is 15.1. The second-order valence-electron chi connectivity index (χ2n) is 6.18. The van der Waals surface area contributed by atoms with Gasteiger partial charge in [0.2, 0.25) is 5.91 Å². The normalized spacial score (nSPS) is 11.7. The Morgan fingerprint density at radius 1 is 1.23 bits per heavy atom. The number of benzene rings is 1. The topological polar surface area (TPSA) is 117 Å². The molecular weight excluding hydrogens is 338 g/mol. The molecule has 1 aromatic carbocycles. The molecule has 9 nitrogen and oxygen atoms in total. The van der Waals surface area contributed by atoms with E-state index in [9.17, 15) is 19.5 Å². The lowest BCUT2D eigenvalue weighted by atomic mass is 10.0. The fourth-order valence-electron chi connectivity index (χ4n) is 2.20. The van der Waals surface area contributed by atoms with Gasteiger partial charge < -0.3 is 15.3 Å². The Kier molecular flexibility index (Phi) is 5.71. The molecule has 2 aromatic rings. The summed E-state index contributed by atoms with van der Waals surface area (Å²) in [5.74, 6) is -2.07. The molecular formula is C17H21N5O4. The Bertz CT molecular complexity index is 843. The molecule has 1 atom stereocenters. The minimum Gasteiger partial charge on any atom is -0.479 e. The van der Waals surface area contributed by atoms with E-state index in [0.29, 0.717) is 5.56 Å². The SMILES string of the molecule is Cc1ccc(C(NC(=O)c2cn(CC(=O)N(C)C)nn2)C(=O)O)cc1C. The lowest BCUT2D eigenvalue weighted by Crippen LogP contribution is -2.34. The highest BCUT2D eigenvalue weighted by molar-refractivity contribution is 5.95. The molecule has 0 saturated carbocycles. The summed E-state index contributed by atoms with van der Waals surface area (Å²) in [5, 5.41) is 19.3. The first-order valence-corrected chi connectivity index (χ1v) is 7.90. The largest absolute Gasteiger partial charge is 0.479 e. The van der Waals surface area contributed by atoms with Crippen molar-refractivity contribution in [1.82, 2.24) is 25.2 Å². The summed E-state index contributed by atoms with van der Waals surface area (Å²) in [6.45, 7) is 3.72. The van der Waals surface area contributed by atoms with Crippen LogP contribution in [0.3, 0.4) is 0 Å². The third-order valence-corrected chi connectivity index (χ3v) is 3.95. The van der Waals surface area contributed by atoms with Crippen LogP contribution in [0.5, 0.6) is 0 Å². The lowest BCUT2D eigenvalue weighted by molar-refractivity contribution is -0.139. The highest BCUT2D eigenvalue weighted by atomic mass is 16.4. The van der Waals surface area contributed by atoms with Gasteiger partial charge in [0.15, 0.2) is 11.7 Å². The number of nitrogens with zero attached hydrogens (tertiary/aromatic N) is 4. The first-order valence-electron chi connectivity index (χ1n) is 7.90. The van der Waals surface area contributed by atoms with E-state index in [0.717, 1.165) is 11.1 Å². The van der Waals surface area contributed by atoms with Crippen LogP contribution in [0.15, 0.2) is 24.4 Å². The van der Waals surface area contributed by atoms with Gasteiger partial charge in [-0.15, -0.1) is 5.10 Å². The molecule has 138 valence electrons. The molecule has 0 saturated heterocycles. The molecule has 26 heavy (non-hydrogen) atoms. The minimum absolute atomic E-state index is 0.0627. The van der Waals surface area contributed by atoms with Crippen molar-refractivity contribution in [2.75, 3.05) is 14.1 Å². The van der Waals surface area contributed by atoms with Gasteiger partial charge >= 0.3 is 5.97 Å². The number of amides is 2. The van der Waals surface area contributed by atoms with E-state index in [1.54, 1.807) is 32.3 Å². The number of hydrogen-bond acceptors (Lipinski definition) is 5. The fourth-order valence-corrected chi connectivity index (χ4v) is 2.20. The van der Waals surface area contributed by atoms with Crippen molar-refractivity contribution < 1.29 is 19.5 Å². The smallest absolute Gasteiger partial charge is 0.330 e. The van der Waals surface area contributed by atoms with Crippen LogP contribution < -0.4 is 5.32 Å². The van der Waals surface area contributed by atoms with Crippen molar-refractivity contribution in [3.63, 3.8) is 0 Å². The number of carboxylic acids is 1. The fraction of sp³-hybridized carbons (Fsp3) is 0.353. The Labute approximate surface area is 150 Å². The van der Waals surface area contributed by atoms with Gasteiger partial charge in [-0.3, -0.25) is 9.59 Å². The number of nitrogens with one attached hydrogen (secondary N) is 1. The first kappa shape index (κ1) is 19.1. The Hall–Kier alpha value is -3.23. The van der Waals surface area contributed by atoms with Crippen LogP contribution in [-0.2, 0) is 16.1 Å². The number of carbonyl (C=O) groups is 3. The maximum absolute atomic E-state index is 12.3. The number of rotatable bonds is 6. The van der Waals surface area contributed by atoms with Crippen molar-refractivity contribution in [2.45, 2.75) is 26.4 Å². The standard InChI is InChI=1S/C17H21N5O4/c1-10-5-6-12(7-11(10)2)15(17(25)26)18-16(24)13-8-22(20-19-13)9-14(23)21(3)4/h5-8,15H,9H2,1-4H3,(H,18,24)(H,25,26). The number of aromatic nitrogens is 3. The van der Waals surface area contributed by atoms with Crippen LogP contribution in [0.4, 0.5) is 0 Å². The molecule has 2 N–H and O–H groups in total. The monoisotopic (exact) mass is 359 g/mol. The van der Waals surface area contributed by atoms with Crippen LogP contribution in [0, 0.1) is 13.8 Å². The van der Waals surface area contributed by atoms with E-state index in [1.165, 1.54) is 15.8 Å². The molecule has 2 amide bonds. The second-order valence-corrected chi connectivity index (χ2v) is 6.18. The summed E-state index contributed by atoms with van der Waals surface area (Å²) in [6.07, 6.45) is 1.30. The molecule has 0 spiro atoms. The van der Waals surface area contributed by atoms with Gasteiger partial charge in [0.05, 0.1) is 6.20 Å². The third kappa shape index (κ3) is 4.44. The van der Waals surface area contributed by atoms with Crippen LogP contribution in [0.1, 0.15) is 33.2 Å². The maximum Gasteiger partial charge on any atom is 0.330 e. The van der Waals surface area contributed by atoms with E-state index in [-0.39, 0.29) is 18.1 Å². The lowest BCUT2D eigenvalue weighted by Gasteiger charge is -2.15. The van der Waals surface area contributed by atoms with Crippen LogP contribution in [0.25, 0.3) is 0 Å². The minimum atomic E-state index is -1.21. The number of likely N-dealkylation sites (N-methyl/N-ethyl adjacent to an activating group) is 1. The third-order valence-electron chi connectivity index (χ3n) is 3.95. The van der Waals surface area contributed by atoms with Gasteiger partial charge in [0, 0.05) is 14.1 Å². The average Bonchev–Trinajstić information content (AvgIpc) is 3.03. The predicted molar refractivity (Wildman–Crippen MR) is 92.5 cm³/mol. The zero-order chi connectivity index (χ0) is 19.4. The van der Waals surface area contributed by atoms with Gasteiger partial charge in [0.1, 0.15) is 6.54 Å². The molecule has 0 fully saturated rings. The molecule has 1 heterocycles. The zero-order valence-electron chi connectivity index (χ0n) is 15.1. The molecule has 0 radical (unpaired) electrons. The summed E-state index contributed by atoms with van der Waals surface area (Å²) in [5.41, 5.74) is 2.35. The molecule has 1 unspecified atom stereocenters. The van der Waals surface area contributed by atoms with E-state index in [1.807, 2.05) is 13.8 Å². The summed E-state index contributed by atoms with van der Waals surface area (Å²) in [4.78, 5) is 37.0. The van der Waals surface area contributed by atoms with Gasteiger partial charge in [-0.2, -0.15) is 0 Å². The van der Waals surface area contributed by atoms with Gasteiger partial charge in [-0.05, 0) is 30.5 Å². The number of carboxylic acid groups (broad SMARTS) is 1. The molecule has 2 rings (SSSR count). The highest BCUT2D eigenvalue weighted by Gasteiger charge is 2.24. The van der Waals surface area contributed by atoms with Gasteiger partial charge in [-0.25, -0.2) is 9.48 Å². The summed E-state index contributed by atoms with van der Waals surface area (Å²) in [6, 6.07) is 3.97. The summed E-state index contributed by atoms with van der Waals surface area (Å²) in [7, 11) is 3.21. The number of aliphatic carboxylic acids is 1. The Morgan fingerprint density at radius 3 is 2.50 bits per heavy atom. The quantitative estimate of drug-likeness (QED) is 0.777. The first-order chi connectivity index (χ1) is 12.2.